The second-order valence-electron chi connectivity index (χ2n) is 12.6. The summed E-state index contributed by atoms with van der Waals surface area (Å²) in [5.41, 5.74) is 0.626. The molecule has 4 aliphatic carbocycles. The van der Waals surface area contributed by atoms with Gasteiger partial charge < -0.3 is 5.11 Å². The first-order valence-corrected chi connectivity index (χ1v) is 13.5. The number of fused-ring (bicyclic) bond motifs is 5. The largest absolute Gasteiger partial charge is 0.393 e. The average molecular weight is 403 g/mol. The highest BCUT2D eigenvalue weighted by atomic mass is 16.3. The fourth-order valence-electron chi connectivity index (χ4n) is 9.49. The summed E-state index contributed by atoms with van der Waals surface area (Å²) in [4.78, 5) is 0. The van der Waals surface area contributed by atoms with Crippen LogP contribution in [0.15, 0.2) is 0 Å². The third kappa shape index (κ3) is 4.08. The maximum absolute atomic E-state index is 10.2. The van der Waals surface area contributed by atoms with Gasteiger partial charge in [0.25, 0.3) is 0 Å². The Morgan fingerprint density at radius 1 is 0.862 bits per heavy atom. The lowest BCUT2D eigenvalue weighted by Gasteiger charge is -2.56. The molecule has 1 N–H and O–H groups in total. The van der Waals surface area contributed by atoms with Crippen LogP contribution in [0.2, 0.25) is 0 Å². The van der Waals surface area contributed by atoms with Crippen molar-refractivity contribution in [1.82, 2.24) is 0 Å². The van der Waals surface area contributed by atoms with Gasteiger partial charge in [-0.2, -0.15) is 0 Å². The van der Waals surface area contributed by atoms with Crippen LogP contribution in [0.5, 0.6) is 0 Å². The summed E-state index contributed by atoms with van der Waals surface area (Å²) in [7, 11) is 0. The third-order valence-corrected chi connectivity index (χ3v) is 11.1. The van der Waals surface area contributed by atoms with Crippen LogP contribution in [0.1, 0.15) is 112 Å². The second kappa shape index (κ2) is 8.84. The third-order valence-electron chi connectivity index (χ3n) is 11.1. The van der Waals surface area contributed by atoms with Crippen LogP contribution in [0.3, 0.4) is 0 Å². The predicted molar refractivity (Wildman–Crippen MR) is 124 cm³/mol. The first-order valence-electron chi connectivity index (χ1n) is 13.5. The normalized spacial score (nSPS) is 46.7. The zero-order chi connectivity index (χ0) is 20.8. The molecule has 0 aromatic carbocycles. The van der Waals surface area contributed by atoms with Crippen molar-refractivity contribution in [2.24, 2.45) is 58.7 Å². The maximum Gasteiger partial charge on any atom is 0.0543 e. The zero-order valence-corrected chi connectivity index (χ0v) is 20.2. The van der Waals surface area contributed by atoms with E-state index in [4.69, 9.17) is 0 Å². The highest BCUT2D eigenvalue weighted by Gasteiger charge is 2.57. The van der Waals surface area contributed by atoms with Gasteiger partial charge in [0.2, 0.25) is 0 Å². The molecule has 0 spiro atoms. The van der Waals surface area contributed by atoms with Crippen molar-refractivity contribution in [3.05, 3.63) is 0 Å². The Morgan fingerprint density at radius 2 is 1.62 bits per heavy atom. The summed E-state index contributed by atoms with van der Waals surface area (Å²) in [5.74, 6) is 8.49. The zero-order valence-electron chi connectivity index (χ0n) is 20.2. The topological polar surface area (TPSA) is 20.2 Å². The summed E-state index contributed by atoms with van der Waals surface area (Å²) in [6.45, 7) is 12.6. The van der Waals surface area contributed by atoms with Crippen molar-refractivity contribution < 1.29 is 5.11 Å². The summed E-state index contributed by atoms with van der Waals surface area (Å²) in [6.07, 6.45) is 16.7. The van der Waals surface area contributed by atoms with Gasteiger partial charge in [-0.1, -0.05) is 47.5 Å². The van der Waals surface area contributed by atoms with E-state index in [-0.39, 0.29) is 6.10 Å². The summed E-state index contributed by atoms with van der Waals surface area (Å²) < 4.78 is 0. The summed E-state index contributed by atoms with van der Waals surface area (Å²) in [6, 6.07) is 0. The molecule has 0 radical (unpaired) electrons. The molecule has 29 heavy (non-hydrogen) atoms. The van der Waals surface area contributed by atoms with Crippen LogP contribution in [0.4, 0.5) is 0 Å². The minimum Gasteiger partial charge on any atom is -0.393 e. The van der Waals surface area contributed by atoms with Crippen molar-refractivity contribution in [1.29, 1.82) is 0 Å². The van der Waals surface area contributed by atoms with Gasteiger partial charge in [-0.05, 0) is 123 Å². The lowest BCUT2D eigenvalue weighted by Crippen LogP contribution is -2.49. The molecule has 4 rings (SSSR count). The van der Waals surface area contributed by atoms with Crippen LogP contribution >= 0.6 is 0 Å². The molecule has 0 aromatic rings. The number of hydrogen-bond acceptors (Lipinski definition) is 1. The van der Waals surface area contributed by atoms with Crippen molar-refractivity contribution >= 4 is 0 Å². The van der Waals surface area contributed by atoms with Gasteiger partial charge in [0.1, 0.15) is 0 Å². The van der Waals surface area contributed by atoms with Crippen molar-refractivity contribution in [3.8, 4) is 0 Å². The molecule has 168 valence electrons. The van der Waals surface area contributed by atoms with E-state index in [1.807, 2.05) is 0 Å². The van der Waals surface area contributed by atoms with Gasteiger partial charge in [0.15, 0.2) is 0 Å². The Balaban J connectivity index is 1.41. The van der Waals surface area contributed by atoms with Gasteiger partial charge in [-0.15, -0.1) is 0 Å². The fraction of sp³-hybridized carbons (Fsp3) is 1.00. The van der Waals surface area contributed by atoms with E-state index in [9.17, 15) is 5.11 Å². The van der Waals surface area contributed by atoms with E-state index in [0.29, 0.717) is 5.41 Å². The monoisotopic (exact) mass is 402 g/mol. The smallest absolute Gasteiger partial charge is 0.0543 e. The quantitative estimate of drug-likeness (QED) is 0.482. The highest BCUT2D eigenvalue weighted by molar-refractivity contribution is 5.06. The van der Waals surface area contributed by atoms with Gasteiger partial charge in [-0.25, -0.2) is 0 Å². The molecule has 1 heteroatoms. The van der Waals surface area contributed by atoms with E-state index in [2.05, 4.69) is 34.6 Å². The summed E-state index contributed by atoms with van der Waals surface area (Å²) in [5, 5.41) is 10.2. The molecule has 0 amide bonds. The molecule has 10 atom stereocenters. The molecule has 0 bridgehead atoms. The van der Waals surface area contributed by atoms with Crippen LogP contribution in [0.25, 0.3) is 0 Å². The van der Waals surface area contributed by atoms with Gasteiger partial charge in [-0.3, -0.25) is 0 Å². The number of aliphatic hydroxyl groups excluding tert-OH is 1. The van der Waals surface area contributed by atoms with Crippen molar-refractivity contribution in [3.63, 3.8) is 0 Å². The molecule has 0 heterocycles. The molecular weight excluding hydrogens is 352 g/mol. The number of rotatable bonds is 6. The van der Waals surface area contributed by atoms with Crippen molar-refractivity contribution in [2.75, 3.05) is 0 Å². The SMILES string of the molecule is CCC(CCC(C)C1CCC2C3CCC4CC(O)CCC4C3CCC12C)C(C)C. The van der Waals surface area contributed by atoms with Gasteiger partial charge in [0, 0.05) is 0 Å². The molecule has 0 aromatic heterocycles. The van der Waals surface area contributed by atoms with Crippen LogP contribution in [-0.2, 0) is 0 Å². The molecule has 4 aliphatic rings. The molecule has 1 nitrogen and oxygen atoms in total. The average Bonchev–Trinajstić information content (AvgIpc) is 3.05. The van der Waals surface area contributed by atoms with E-state index in [1.165, 1.54) is 64.2 Å². The molecule has 0 saturated heterocycles. The van der Waals surface area contributed by atoms with Crippen LogP contribution < -0.4 is 0 Å². The Kier molecular flexibility index (Phi) is 6.75. The Bertz CT molecular complexity index is 540. The Labute approximate surface area is 181 Å². The Morgan fingerprint density at radius 3 is 2.34 bits per heavy atom. The lowest BCUT2D eigenvalue weighted by molar-refractivity contribution is -0.0823. The molecule has 10 unspecified atom stereocenters. The lowest BCUT2D eigenvalue weighted by atomic mass is 9.49. The van der Waals surface area contributed by atoms with Crippen molar-refractivity contribution in [2.45, 2.75) is 118 Å². The second-order valence-corrected chi connectivity index (χ2v) is 12.6. The van der Waals surface area contributed by atoms with E-state index < -0.39 is 0 Å². The van der Waals surface area contributed by atoms with Gasteiger partial charge in [0.05, 0.1) is 6.10 Å². The van der Waals surface area contributed by atoms with Crippen LogP contribution in [0, 0.1) is 58.7 Å². The Hall–Kier alpha value is -0.0400. The first-order chi connectivity index (χ1) is 13.8. The number of aliphatic hydroxyl groups is 1. The fourth-order valence-corrected chi connectivity index (χ4v) is 9.49. The molecular formula is C28H50O. The predicted octanol–water partition coefficient (Wildman–Crippen LogP) is 7.71. The minimum atomic E-state index is 0.0103. The standard InChI is InChI=1S/C28H50O/c1-6-20(18(2)3)8-7-19(4)26-13-14-27-25-11-9-21-17-22(29)10-12-23(21)24(25)15-16-28(26,27)5/h18-27,29H,6-17H2,1-5H3. The van der Waals surface area contributed by atoms with E-state index in [1.54, 1.807) is 0 Å². The minimum absolute atomic E-state index is 0.0103. The van der Waals surface area contributed by atoms with Gasteiger partial charge >= 0.3 is 0 Å². The van der Waals surface area contributed by atoms with E-state index in [0.717, 1.165) is 66.1 Å². The first kappa shape index (κ1) is 22.2. The summed E-state index contributed by atoms with van der Waals surface area (Å²) >= 11 is 0. The van der Waals surface area contributed by atoms with E-state index >= 15 is 0 Å². The maximum atomic E-state index is 10.2. The molecule has 0 aliphatic heterocycles. The van der Waals surface area contributed by atoms with Crippen LogP contribution in [-0.4, -0.2) is 11.2 Å². The highest BCUT2D eigenvalue weighted by Crippen LogP contribution is 2.65. The molecule has 4 fully saturated rings. The molecule has 4 saturated carbocycles. The number of hydrogen-bond donors (Lipinski definition) is 1.